The van der Waals surface area contributed by atoms with E-state index >= 15 is 0 Å². The summed E-state index contributed by atoms with van der Waals surface area (Å²) in [4.78, 5) is 47.1. The van der Waals surface area contributed by atoms with E-state index in [9.17, 15) is 14.4 Å². The van der Waals surface area contributed by atoms with Crippen LogP contribution in [-0.2, 0) is 30.4 Å². The number of hydrogen-bond donors (Lipinski definition) is 1. The SMILES string of the molecule is CCCCOC(=O)N(OC(=O)CCCc1ccccc1)C(=N)[N+](C)(OC(C)=O)C(C)C. The minimum atomic E-state index is -1.01. The summed E-state index contributed by atoms with van der Waals surface area (Å²) in [6.45, 7) is 6.67. The molecule has 0 aromatic heterocycles. The Hall–Kier alpha value is -2.94. The van der Waals surface area contributed by atoms with Gasteiger partial charge in [0, 0.05) is 13.3 Å². The molecule has 0 saturated heterocycles. The number of hydrogen-bond acceptors (Lipinski definition) is 7. The van der Waals surface area contributed by atoms with Crippen LogP contribution in [0, 0.1) is 5.41 Å². The Morgan fingerprint density at radius 1 is 1.13 bits per heavy atom. The third-order valence-corrected chi connectivity index (χ3v) is 4.69. The quantitative estimate of drug-likeness (QED) is 0.217. The molecule has 1 aromatic rings. The molecule has 0 aliphatic carbocycles. The minimum absolute atomic E-state index is 0.0415. The van der Waals surface area contributed by atoms with Crippen molar-refractivity contribution in [3.05, 3.63) is 35.9 Å². The van der Waals surface area contributed by atoms with Crippen molar-refractivity contribution >= 4 is 24.0 Å². The number of unbranched alkanes of at least 4 members (excludes halogenated alkanes) is 1. The molecule has 0 aliphatic rings. The standard InChI is InChI=1S/C22H34N3O6/c1-6-7-16-29-22(28)24(21(23)25(5,17(2)3)31-18(4)26)30-20(27)15-11-14-19-12-9-8-10-13-19/h8-10,12-13,17,23H,6-7,11,14-16H2,1-5H3/q+1. The Morgan fingerprint density at radius 3 is 2.32 bits per heavy atom. The molecule has 0 fully saturated rings. The number of quaternary nitrogens is 1. The molecule has 1 atom stereocenters. The van der Waals surface area contributed by atoms with E-state index in [4.69, 9.17) is 19.8 Å². The molecule has 172 valence electrons. The van der Waals surface area contributed by atoms with Crippen molar-refractivity contribution in [1.29, 1.82) is 5.41 Å². The van der Waals surface area contributed by atoms with Crippen LogP contribution in [0.15, 0.2) is 30.3 Å². The van der Waals surface area contributed by atoms with Gasteiger partial charge in [-0.3, -0.25) is 4.84 Å². The molecule has 1 aromatic carbocycles. The number of guanidine groups is 1. The molecular formula is C22H34N3O6+. The van der Waals surface area contributed by atoms with Crippen LogP contribution in [0.5, 0.6) is 0 Å². The average molecular weight is 437 g/mol. The number of aryl methyl sites for hydroxylation is 1. The number of nitrogens with one attached hydrogen (secondary N) is 1. The number of ether oxygens (including phenoxy) is 1. The summed E-state index contributed by atoms with van der Waals surface area (Å²) < 4.78 is 4.44. The second-order valence-corrected chi connectivity index (χ2v) is 7.56. The highest BCUT2D eigenvalue weighted by molar-refractivity contribution is 5.89. The van der Waals surface area contributed by atoms with Gasteiger partial charge >= 0.3 is 24.0 Å². The molecule has 0 heterocycles. The normalized spacial score (nSPS) is 12.6. The van der Waals surface area contributed by atoms with E-state index in [1.807, 2.05) is 37.3 Å². The zero-order valence-electron chi connectivity index (χ0n) is 19.1. The molecule has 0 saturated carbocycles. The first-order chi connectivity index (χ1) is 14.6. The zero-order valence-corrected chi connectivity index (χ0v) is 19.1. The smallest absolute Gasteiger partial charge is 0.447 e. The van der Waals surface area contributed by atoms with Gasteiger partial charge in [-0.25, -0.2) is 19.8 Å². The molecule has 31 heavy (non-hydrogen) atoms. The van der Waals surface area contributed by atoms with Crippen molar-refractivity contribution in [3.8, 4) is 0 Å². The van der Waals surface area contributed by atoms with Gasteiger partial charge in [-0.05, 0) is 43.7 Å². The lowest BCUT2D eigenvalue weighted by Crippen LogP contribution is -2.61. The second kappa shape index (κ2) is 12.7. The summed E-state index contributed by atoms with van der Waals surface area (Å²) in [5, 5.41) is 8.96. The molecule has 1 rings (SSSR count). The fourth-order valence-corrected chi connectivity index (χ4v) is 2.60. The predicted molar refractivity (Wildman–Crippen MR) is 114 cm³/mol. The van der Waals surface area contributed by atoms with Crippen LogP contribution in [0.2, 0.25) is 0 Å². The summed E-state index contributed by atoms with van der Waals surface area (Å²) in [5.74, 6) is -1.87. The monoisotopic (exact) mass is 436 g/mol. The second-order valence-electron chi connectivity index (χ2n) is 7.56. The largest absolute Gasteiger partial charge is 0.454 e. The van der Waals surface area contributed by atoms with Gasteiger partial charge in [0.05, 0.1) is 6.61 Å². The molecule has 1 amide bonds. The summed E-state index contributed by atoms with van der Waals surface area (Å²) in [6.07, 6.45) is 1.64. The van der Waals surface area contributed by atoms with Gasteiger partial charge in [0.25, 0.3) is 0 Å². The number of benzene rings is 1. The van der Waals surface area contributed by atoms with E-state index in [-0.39, 0.29) is 13.0 Å². The van der Waals surface area contributed by atoms with Gasteiger partial charge in [0.1, 0.15) is 13.1 Å². The number of rotatable bonds is 8. The Bertz CT molecular complexity index is 753. The van der Waals surface area contributed by atoms with E-state index in [0.717, 1.165) is 12.0 Å². The van der Waals surface area contributed by atoms with Crippen LogP contribution in [0.25, 0.3) is 0 Å². The van der Waals surface area contributed by atoms with Crippen molar-refractivity contribution in [2.24, 2.45) is 0 Å². The van der Waals surface area contributed by atoms with Crippen LogP contribution in [-0.4, -0.2) is 53.4 Å². The predicted octanol–water partition coefficient (Wildman–Crippen LogP) is 3.97. The van der Waals surface area contributed by atoms with Crippen molar-refractivity contribution in [2.45, 2.75) is 65.8 Å². The molecule has 0 bridgehead atoms. The highest BCUT2D eigenvalue weighted by atomic mass is 16.8. The Balaban J connectivity index is 2.91. The molecular weight excluding hydrogens is 402 g/mol. The molecule has 1 N–H and O–H groups in total. The van der Waals surface area contributed by atoms with Gasteiger partial charge < -0.3 is 9.57 Å². The summed E-state index contributed by atoms with van der Waals surface area (Å²) in [6, 6.07) is 9.25. The van der Waals surface area contributed by atoms with Gasteiger partial charge in [0.15, 0.2) is 0 Å². The lowest BCUT2D eigenvalue weighted by Gasteiger charge is -2.35. The third-order valence-electron chi connectivity index (χ3n) is 4.69. The third kappa shape index (κ3) is 8.37. The fourth-order valence-electron chi connectivity index (χ4n) is 2.60. The Labute approximate surface area is 183 Å². The maximum absolute atomic E-state index is 12.6. The van der Waals surface area contributed by atoms with Gasteiger partial charge in [-0.15, -0.1) is 0 Å². The average Bonchev–Trinajstić information content (AvgIpc) is 2.71. The highest BCUT2D eigenvalue weighted by Crippen LogP contribution is 2.18. The first-order valence-electron chi connectivity index (χ1n) is 10.5. The van der Waals surface area contributed by atoms with E-state index in [2.05, 4.69) is 0 Å². The van der Waals surface area contributed by atoms with Crippen LogP contribution < -0.4 is 0 Å². The molecule has 0 aliphatic heterocycles. The Morgan fingerprint density at radius 2 is 1.77 bits per heavy atom. The topological polar surface area (TPSA) is 106 Å². The molecule has 0 spiro atoms. The van der Waals surface area contributed by atoms with Gasteiger partial charge in [-0.2, -0.15) is 0 Å². The van der Waals surface area contributed by atoms with Gasteiger partial charge in [0.2, 0.25) is 0 Å². The molecule has 1 unspecified atom stereocenters. The lowest BCUT2D eigenvalue weighted by atomic mass is 10.1. The summed E-state index contributed by atoms with van der Waals surface area (Å²) in [5.41, 5.74) is 1.08. The lowest BCUT2D eigenvalue weighted by molar-refractivity contribution is -1.02. The summed E-state index contributed by atoms with van der Waals surface area (Å²) >= 11 is 0. The van der Waals surface area contributed by atoms with Crippen molar-refractivity contribution in [2.75, 3.05) is 13.7 Å². The number of hydroxylamine groups is 5. The van der Waals surface area contributed by atoms with Crippen LogP contribution in [0.3, 0.4) is 0 Å². The maximum Gasteiger partial charge on any atom is 0.454 e. The Kier molecular flexibility index (Phi) is 10.7. The van der Waals surface area contributed by atoms with E-state index in [1.165, 1.54) is 14.0 Å². The van der Waals surface area contributed by atoms with Crippen LogP contribution in [0.4, 0.5) is 4.79 Å². The zero-order chi connectivity index (χ0) is 23.4. The van der Waals surface area contributed by atoms with E-state index < -0.39 is 34.7 Å². The van der Waals surface area contributed by atoms with Crippen molar-refractivity contribution < 1.29 is 33.4 Å². The number of amides is 1. The highest BCUT2D eigenvalue weighted by Gasteiger charge is 2.46. The fraction of sp³-hybridized carbons (Fsp3) is 0.545. The van der Waals surface area contributed by atoms with E-state index in [0.29, 0.717) is 24.3 Å². The molecule has 9 nitrogen and oxygen atoms in total. The van der Waals surface area contributed by atoms with Crippen LogP contribution in [0.1, 0.15) is 58.9 Å². The minimum Gasteiger partial charge on any atom is -0.447 e. The molecule has 0 radical (unpaired) electrons. The first-order valence-corrected chi connectivity index (χ1v) is 10.5. The van der Waals surface area contributed by atoms with Gasteiger partial charge in [-0.1, -0.05) is 48.3 Å². The number of carbonyl (C=O) groups is 3. The molecule has 9 heteroatoms. The van der Waals surface area contributed by atoms with Crippen molar-refractivity contribution in [1.82, 2.24) is 5.06 Å². The number of nitrogens with zero attached hydrogens (tertiary/aromatic N) is 2. The maximum atomic E-state index is 12.6. The summed E-state index contributed by atoms with van der Waals surface area (Å²) in [7, 11) is 1.43. The first kappa shape index (κ1) is 26.1. The van der Waals surface area contributed by atoms with Crippen molar-refractivity contribution in [3.63, 3.8) is 0 Å². The van der Waals surface area contributed by atoms with E-state index in [1.54, 1.807) is 13.8 Å². The number of carbonyl (C=O) groups excluding carboxylic acids is 3. The van der Waals surface area contributed by atoms with Crippen LogP contribution >= 0.6 is 0 Å².